The van der Waals surface area contributed by atoms with Gasteiger partial charge in [-0.05, 0) is 94.8 Å². The van der Waals surface area contributed by atoms with Crippen molar-refractivity contribution >= 4 is 22.6 Å². The molecule has 0 aliphatic rings. The molecule has 7 nitrogen and oxygen atoms in total. The number of benzene rings is 3. The van der Waals surface area contributed by atoms with Crippen LogP contribution in [0.15, 0.2) is 87.2 Å². The molecule has 0 saturated heterocycles. The third-order valence-electron chi connectivity index (χ3n) is 6.23. The molecule has 210 valence electrons. The van der Waals surface area contributed by atoms with Crippen LogP contribution in [-0.4, -0.2) is 30.0 Å². The first kappa shape index (κ1) is 28.7. The normalized spacial score (nSPS) is 13.3. The zero-order chi connectivity index (χ0) is 28.6. The molecule has 0 amide bonds. The lowest BCUT2D eigenvalue weighted by Crippen LogP contribution is -2.24. The van der Waals surface area contributed by atoms with Crippen molar-refractivity contribution in [3.05, 3.63) is 83.9 Å². The summed E-state index contributed by atoms with van der Waals surface area (Å²) >= 11 is 0. The van der Waals surface area contributed by atoms with Gasteiger partial charge in [0.1, 0.15) is 34.5 Å². The molecule has 7 heteroatoms. The second-order valence-corrected chi connectivity index (χ2v) is 10.4. The minimum Gasteiger partial charge on any atom is -0.456 e. The van der Waals surface area contributed by atoms with Crippen molar-refractivity contribution in [3.8, 4) is 22.8 Å². The predicted molar refractivity (Wildman–Crippen MR) is 164 cm³/mol. The number of furan rings is 1. The van der Waals surface area contributed by atoms with Crippen LogP contribution in [0.1, 0.15) is 65.0 Å². The van der Waals surface area contributed by atoms with Gasteiger partial charge in [-0.15, -0.1) is 0 Å². The molecule has 1 aromatic heterocycles. The number of unbranched alkanes of at least 4 members (excludes halogenated alkanes) is 1. The van der Waals surface area contributed by atoms with E-state index < -0.39 is 6.29 Å². The second-order valence-electron chi connectivity index (χ2n) is 10.4. The molecule has 0 bridgehead atoms. The van der Waals surface area contributed by atoms with E-state index in [0.717, 1.165) is 64.2 Å². The molecule has 3 aromatic carbocycles. The molecule has 4 N–H and O–H groups in total. The number of aliphatic imine (C=N–C) groups is 2. The number of amidine groups is 2. The molecule has 1 atom stereocenters. The van der Waals surface area contributed by atoms with Gasteiger partial charge in [0, 0.05) is 40.6 Å². The Bertz CT molecular complexity index is 1450. The summed E-state index contributed by atoms with van der Waals surface area (Å²) in [4.78, 5) is 8.84. The van der Waals surface area contributed by atoms with Crippen LogP contribution in [-0.2, 0) is 0 Å². The molecule has 0 fully saturated rings. The highest BCUT2D eigenvalue weighted by molar-refractivity contribution is 6.00. The molecule has 0 saturated carbocycles. The molecular formula is C33H40N4O3. The average molecular weight is 541 g/mol. The number of hydrogen-bond donors (Lipinski definition) is 2. The Labute approximate surface area is 236 Å². The van der Waals surface area contributed by atoms with Crippen LogP contribution >= 0.6 is 0 Å². The molecule has 0 radical (unpaired) electrons. The van der Waals surface area contributed by atoms with Gasteiger partial charge in [-0.25, -0.2) is 0 Å². The predicted octanol–water partition coefficient (Wildman–Crippen LogP) is 7.30. The first-order valence-electron chi connectivity index (χ1n) is 14.0. The van der Waals surface area contributed by atoms with Crippen molar-refractivity contribution in [2.75, 3.05) is 0 Å². The van der Waals surface area contributed by atoms with Crippen LogP contribution in [0.5, 0.6) is 11.5 Å². The Morgan fingerprint density at radius 3 is 1.88 bits per heavy atom. The number of ether oxygens (including phenoxy) is 2. The van der Waals surface area contributed by atoms with Crippen molar-refractivity contribution in [3.63, 3.8) is 0 Å². The molecule has 1 heterocycles. The van der Waals surface area contributed by atoms with Gasteiger partial charge in [0.2, 0.25) is 6.29 Å². The van der Waals surface area contributed by atoms with Crippen LogP contribution in [0, 0.1) is 0 Å². The van der Waals surface area contributed by atoms with E-state index in [0.29, 0.717) is 11.7 Å². The second kappa shape index (κ2) is 13.2. The fourth-order valence-corrected chi connectivity index (χ4v) is 4.26. The smallest absolute Gasteiger partial charge is 0.241 e. The highest BCUT2D eigenvalue weighted by Crippen LogP contribution is 2.30. The maximum absolute atomic E-state index is 6.25. The highest BCUT2D eigenvalue weighted by Gasteiger charge is 2.14. The monoisotopic (exact) mass is 540 g/mol. The minimum absolute atomic E-state index is 0.130. The van der Waals surface area contributed by atoms with Gasteiger partial charge < -0.3 is 25.4 Å². The summed E-state index contributed by atoms with van der Waals surface area (Å²) in [5.41, 5.74) is 15.7. The van der Waals surface area contributed by atoms with Gasteiger partial charge in [0.15, 0.2) is 0 Å². The Kier molecular flexibility index (Phi) is 9.48. The van der Waals surface area contributed by atoms with E-state index in [9.17, 15) is 0 Å². The van der Waals surface area contributed by atoms with Crippen LogP contribution < -0.4 is 20.9 Å². The summed E-state index contributed by atoms with van der Waals surface area (Å²) in [5, 5.41) is 1.01. The maximum Gasteiger partial charge on any atom is 0.241 e. The zero-order valence-corrected chi connectivity index (χ0v) is 24.1. The summed E-state index contributed by atoms with van der Waals surface area (Å²) in [6.07, 6.45) is 2.39. The number of fused-ring (bicyclic) bond motifs is 1. The van der Waals surface area contributed by atoms with Crippen molar-refractivity contribution < 1.29 is 13.9 Å². The van der Waals surface area contributed by atoms with Crippen LogP contribution in [0.2, 0.25) is 0 Å². The molecule has 0 aliphatic carbocycles. The van der Waals surface area contributed by atoms with Gasteiger partial charge in [-0.3, -0.25) is 9.98 Å². The van der Waals surface area contributed by atoms with Gasteiger partial charge >= 0.3 is 0 Å². The number of rotatable bonds is 12. The summed E-state index contributed by atoms with van der Waals surface area (Å²) < 4.78 is 18.6. The molecule has 0 spiro atoms. The number of nitrogens with zero attached hydrogens (tertiary/aromatic N) is 2. The standard InChI is InChI=1S/C33H40N4O3/c1-6-7-8-31(39-28-17-13-24(14-18-28)32(34)36-21(2)3)38-27-15-11-23(12-16-27)29-19-25-9-10-26(20-30(25)40-29)33(35)37-22(4)5/h9-22,31H,6-8H2,1-5H3,(H2,34,36)(H2,35,37). The lowest BCUT2D eigenvalue weighted by atomic mass is 10.1. The van der Waals surface area contributed by atoms with Gasteiger partial charge in [-0.1, -0.05) is 25.5 Å². The maximum atomic E-state index is 6.25. The summed E-state index contributed by atoms with van der Waals surface area (Å²) in [6, 6.07) is 23.7. The van der Waals surface area contributed by atoms with E-state index >= 15 is 0 Å². The fraction of sp³-hybridized carbons (Fsp3) is 0.333. The Morgan fingerprint density at radius 2 is 1.30 bits per heavy atom. The SMILES string of the molecule is CCCCC(Oc1ccc(C(N)=NC(C)C)cc1)Oc1ccc(-c2cc3ccc(C(N)=NC(C)C)cc3o2)cc1. The van der Waals surface area contributed by atoms with Crippen LogP contribution in [0.4, 0.5) is 0 Å². The fourth-order valence-electron chi connectivity index (χ4n) is 4.26. The van der Waals surface area contributed by atoms with E-state index in [2.05, 4.69) is 16.9 Å². The molecule has 40 heavy (non-hydrogen) atoms. The van der Waals surface area contributed by atoms with Gasteiger partial charge in [0.25, 0.3) is 0 Å². The van der Waals surface area contributed by atoms with Crippen LogP contribution in [0.3, 0.4) is 0 Å². The molecule has 0 aliphatic heterocycles. The molecular weight excluding hydrogens is 500 g/mol. The summed E-state index contributed by atoms with van der Waals surface area (Å²) in [5.74, 6) is 3.26. The van der Waals surface area contributed by atoms with Gasteiger partial charge in [0.05, 0.1) is 0 Å². The first-order valence-corrected chi connectivity index (χ1v) is 14.0. The Hall–Kier alpha value is -4.26. The van der Waals surface area contributed by atoms with E-state index in [1.807, 2.05) is 100 Å². The van der Waals surface area contributed by atoms with Crippen molar-refractivity contribution in [2.24, 2.45) is 21.5 Å². The lowest BCUT2D eigenvalue weighted by molar-refractivity contribution is -0.00211. The van der Waals surface area contributed by atoms with Crippen LogP contribution in [0.25, 0.3) is 22.3 Å². The van der Waals surface area contributed by atoms with E-state index in [-0.39, 0.29) is 12.1 Å². The minimum atomic E-state index is -0.416. The van der Waals surface area contributed by atoms with E-state index in [4.69, 9.17) is 25.4 Å². The summed E-state index contributed by atoms with van der Waals surface area (Å²) in [7, 11) is 0. The van der Waals surface area contributed by atoms with Crippen molar-refractivity contribution in [2.45, 2.75) is 72.3 Å². The third kappa shape index (κ3) is 7.65. The number of nitrogens with two attached hydrogens (primary N) is 2. The van der Waals surface area contributed by atoms with Crippen molar-refractivity contribution in [1.29, 1.82) is 0 Å². The Morgan fingerprint density at radius 1 is 0.750 bits per heavy atom. The lowest BCUT2D eigenvalue weighted by Gasteiger charge is -2.21. The highest BCUT2D eigenvalue weighted by atomic mass is 16.7. The third-order valence-corrected chi connectivity index (χ3v) is 6.23. The average Bonchev–Trinajstić information content (AvgIpc) is 3.35. The first-order chi connectivity index (χ1) is 19.2. The quantitative estimate of drug-likeness (QED) is 0.111. The topological polar surface area (TPSA) is 108 Å². The molecule has 4 aromatic rings. The summed E-state index contributed by atoms with van der Waals surface area (Å²) in [6.45, 7) is 10.2. The molecule has 1 unspecified atom stereocenters. The zero-order valence-electron chi connectivity index (χ0n) is 24.1. The largest absolute Gasteiger partial charge is 0.456 e. The van der Waals surface area contributed by atoms with Gasteiger partial charge in [-0.2, -0.15) is 0 Å². The van der Waals surface area contributed by atoms with E-state index in [1.54, 1.807) is 0 Å². The Balaban J connectivity index is 1.46. The van der Waals surface area contributed by atoms with Crippen molar-refractivity contribution in [1.82, 2.24) is 0 Å². The number of hydrogen-bond acceptors (Lipinski definition) is 5. The van der Waals surface area contributed by atoms with E-state index in [1.165, 1.54) is 0 Å². The molecule has 4 rings (SSSR count).